The van der Waals surface area contributed by atoms with E-state index in [0.717, 1.165) is 27.9 Å². The highest BCUT2D eigenvalue weighted by atomic mass is 32.2. The Morgan fingerprint density at radius 3 is 2.20 bits per heavy atom. The summed E-state index contributed by atoms with van der Waals surface area (Å²) in [6.07, 6.45) is 0.805. The van der Waals surface area contributed by atoms with Crippen molar-refractivity contribution in [3.63, 3.8) is 0 Å². The van der Waals surface area contributed by atoms with E-state index < -0.39 is 28.1 Å². The second kappa shape index (κ2) is 14.7. The van der Waals surface area contributed by atoms with Crippen LogP contribution in [-0.4, -0.2) is 65.4 Å². The number of rotatable bonds is 14. The summed E-state index contributed by atoms with van der Waals surface area (Å²) in [6, 6.07) is 23.0. The molecule has 0 unspecified atom stereocenters. The second-order valence-electron chi connectivity index (χ2n) is 11.5. The number of aliphatic hydroxyl groups is 1. The maximum absolute atomic E-state index is 13.9. The summed E-state index contributed by atoms with van der Waals surface area (Å²) in [7, 11) is -2.14. The van der Waals surface area contributed by atoms with Crippen LogP contribution in [0.15, 0.2) is 90.0 Å². The van der Waals surface area contributed by atoms with E-state index in [1.54, 1.807) is 35.1 Å². The number of carbonyl (C=O) groups is 1. The lowest BCUT2D eigenvalue weighted by Gasteiger charge is -2.31. The van der Waals surface area contributed by atoms with Gasteiger partial charge in [0.2, 0.25) is 10.0 Å². The molecule has 0 saturated carbocycles. The zero-order valence-corrected chi connectivity index (χ0v) is 26.8. The molecule has 0 aliphatic heterocycles. The van der Waals surface area contributed by atoms with Gasteiger partial charge in [0.15, 0.2) is 6.61 Å². The summed E-state index contributed by atoms with van der Waals surface area (Å²) >= 11 is 0. The Balaban J connectivity index is 1.54. The number of amides is 1. The molecule has 0 spiro atoms. The van der Waals surface area contributed by atoms with Gasteiger partial charge in [-0.2, -0.15) is 9.40 Å². The Bertz CT molecular complexity index is 1620. The van der Waals surface area contributed by atoms with E-state index in [0.29, 0.717) is 12.2 Å². The van der Waals surface area contributed by atoms with Gasteiger partial charge < -0.3 is 15.2 Å². The molecule has 0 bridgehead atoms. The van der Waals surface area contributed by atoms with Crippen LogP contribution < -0.4 is 10.1 Å². The maximum atomic E-state index is 13.9. The number of nitrogens with one attached hydrogen (secondary N) is 1. The number of hydrogen-bond acceptors (Lipinski definition) is 6. The van der Waals surface area contributed by atoms with Gasteiger partial charge in [-0.1, -0.05) is 74.5 Å². The first-order chi connectivity index (χ1) is 21.0. The van der Waals surface area contributed by atoms with Gasteiger partial charge in [0.1, 0.15) is 5.75 Å². The first-order valence-corrected chi connectivity index (χ1v) is 16.2. The van der Waals surface area contributed by atoms with E-state index in [-0.39, 0.29) is 30.5 Å². The number of aliphatic hydroxyl groups excluding tert-OH is 1. The summed E-state index contributed by atoms with van der Waals surface area (Å²) in [6.45, 7) is 7.45. The van der Waals surface area contributed by atoms with Crippen LogP contribution >= 0.6 is 0 Å². The Morgan fingerprint density at radius 1 is 0.955 bits per heavy atom. The van der Waals surface area contributed by atoms with Crippen molar-refractivity contribution in [2.75, 3.05) is 19.7 Å². The minimum absolute atomic E-state index is 0.00129. The lowest BCUT2D eigenvalue weighted by molar-refractivity contribution is -0.124. The highest BCUT2D eigenvalue weighted by Crippen LogP contribution is 2.24. The van der Waals surface area contributed by atoms with E-state index in [1.165, 1.54) is 4.31 Å². The zero-order valence-electron chi connectivity index (χ0n) is 26.0. The number of ether oxygens (including phenoxy) is 1. The van der Waals surface area contributed by atoms with E-state index in [4.69, 9.17) is 4.74 Å². The molecule has 2 atom stereocenters. The number of para-hydroxylation sites is 1. The molecule has 234 valence electrons. The van der Waals surface area contributed by atoms with Gasteiger partial charge in [-0.3, -0.25) is 9.48 Å². The monoisotopic (exact) mass is 618 g/mol. The predicted molar refractivity (Wildman–Crippen MR) is 172 cm³/mol. The molecule has 0 aliphatic carbocycles. The molecular formula is C34H42N4O5S. The van der Waals surface area contributed by atoms with Gasteiger partial charge in [-0.05, 0) is 66.6 Å². The third kappa shape index (κ3) is 8.34. The number of nitrogens with zero attached hydrogens (tertiary/aromatic N) is 3. The summed E-state index contributed by atoms with van der Waals surface area (Å²) in [5, 5.41) is 18.6. The zero-order chi connectivity index (χ0) is 31.9. The molecule has 4 aromatic rings. The van der Waals surface area contributed by atoms with Gasteiger partial charge in [0.05, 0.1) is 22.7 Å². The van der Waals surface area contributed by atoms with Gasteiger partial charge in [0.25, 0.3) is 5.91 Å². The largest absolute Gasteiger partial charge is 0.483 e. The third-order valence-corrected chi connectivity index (χ3v) is 9.28. The number of carbonyl (C=O) groups excluding carboxylic acids is 1. The Hall–Kier alpha value is -3.99. The highest BCUT2D eigenvalue weighted by molar-refractivity contribution is 7.89. The van der Waals surface area contributed by atoms with Crippen LogP contribution in [0.25, 0.3) is 11.3 Å². The van der Waals surface area contributed by atoms with Crippen LogP contribution in [0.5, 0.6) is 5.75 Å². The number of benzene rings is 3. The molecule has 0 radical (unpaired) electrons. The minimum Gasteiger partial charge on any atom is -0.483 e. The van der Waals surface area contributed by atoms with Crippen molar-refractivity contribution in [2.45, 2.75) is 51.2 Å². The van der Waals surface area contributed by atoms with Crippen molar-refractivity contribution in [1.82, 2.24) is 19.4 Å². The van der Waals surface area contributed by atoms with Crippen LogP contribution in [-0.2, 0) is 28.3 Å². The van der Waals surface area contributed by atoms with Crippen molar-refractivity contribution in [3.05, 3.63) is 102 Å². The first kappa shape index (κ1) is 32.9. The van der Waals surface area contributed by atoms with Crippen LogP contribution in [0.1, 0.15) is 30.5 Å². The van der Waals surface area contributed by atoms with Gasteiger partial charge in [-0.25, -0.2) is 8.42 Å². The van der Waals surface area contributed by atoms with Crippen molar-refractivity contribution in [3.8, 4) is 17.0 Å². The smallest absolute Gasteiger partial charge is 0.258 e. The van der Waals surface area contributed by atoms with Crippen molar-refractivity contribution >= 4 is 15.9 Å². The predicted octanol–water partition coefficient (Wildman–Crippen LogP) is 4.52. The summed E-state index contributed by atoms with van der Waals surface area (Å²) in [4.78, 5) is 13.2. The number of aryl methyl sites for hydroxylation is 3. The molecule has 0 fully saturated rings. The van der Waals surface area contributed by atoms with E-state index in [1.807, 2.05) is 89.3 Å². The Kier molecular flexibility index (Phi) is 11.0. The van der Waals surface area contributed by atoms with Crippen LogP contribution in [0.4, 0.5) is 0 Å². The van der Waals surface area contributed by atoms with Gasteiger partial charge >= 0.3 is 0 Å². The quantitative estimate of drug-likeness (QED) is 0.215. The molecule has 0 saturated heterocycles. The molecule has 1 amide bonds. The normalized spacial score (nSPS) is 13.2. The standard InChI is InChI=1S/C34H42N4O5S/c1-24(2)21-38(44(41,42)29-16-14-28(15-17-29)31-18-19-35-37(31)5)22-32(39)30(20-27-12-7-6-8-13-27)36-33(40)23-43-34-25(3)10-9-11-26(34)4/h6-19,24,30,32,39H,20-23H2,1-5H3,(H,36,40)/t30-,32-/m0/s1. The van der Waals surface area contributed by atoms with Crippen LogP contribution in [0, 0.1) is 19.8 Å². The van der Waals surface area contributed by atoms with Crippen molar-refractivity contribution < 1.29 is 23.1 Å². The summed E-state index contributed by atoms with van der Waals surface area (Å²) < 4.78 is 36.6. The highest BCUT2D eigenvalue weighted by Gasteiger charge is 2.31. The van der Waals surface area contributed by atoms with Crippen LogP contribution in [0.3, 0.4) is 0 Å². The number of hydrogen-bond donors (Lipinski definition) is 2. The Morgan fingerprint density at radius 2 is 1.61 bits per heavy atom. The number of aromatic nitrogens is 2. The Labute approximate surface area is 260 Å². The molecule has 44 heavy (non-hydrogen) atoms. The van der Waals surface area contributed by atoms with Crippen molar-refractivity contribution in [2.24, 2.45) is 13.0 Å². The SMILES string of the molecule is Cc1cccc(C)c1OCC(=O)N[C@@H](Cc1ccccc1)[C@@H](O)CN(CC(C)C)S(=O)(=O)c1ccc(-c2ccnn2C)cc1. The fourth-order valence-corrected chi connectivity index (χ4v) is 6.80. The molecule has 0 aliphatic rings. The second-order valence-corrected chi connectivity index (χ2v) is 13.5. The van der Waals surface area contributed by atoms with Gasteiger partial charge in [0, 0.05) is 26.3 Å². The maximum Gasteiger partial charge on any atom is 0.258 e. The minimum atomic E-state index is -3.96. The molecule has 4 rings (SSSR count). The molecule has 2 N–H and O–H groups in total. The van der Waals surface area contributed by atoms with Gasteiger partial charge in [-0.15, -0.1) is 0 Å². The molecule has 9 nitrogen and oxygen atoms in total. The summed E-state index contributed by atoms with van der Waals surface area (Å²) in [5.74, 6) is 0.238. The molecule has 10 heteroatoms. The average molecular weight is 619 g/mol. The topological polar surface area (TPSA) is 114 Å². The fraction of sp³-hybridized carbons (Fsp3) is 0.353. The van der Waals surface area contributed by atoms with E-state index >= 15 is 0 Å². The van der Waals surface area contributed by atoms with E-state index in [2.05, 4.69) is 10.4 Å². The number of sulfonamides is 1. The van der Waals surface area contributed by atoms with Crippen LogP contribution in [0.2, 0.25) is 0 Å². The van der Waals surface area contributed by atoms with E-state index in [9.17, 15) is 18.3 Å². The molecule has 1 aromatic heterocycles. The first-order valence-electron chi connectivity index (χ1n) is 14.7. The molecular weight excluding hydrogens is 576 g/mol. The lowest BCUT2D eigenvalue weighted by atomic mass is 10.0. The van der Waals surface area contributed by atoms with Crippen molar-refractivity contribution in [1.29, 1.82) is 0 Å². The summed E-state index contributed by atoms with van der Waals surface area (Å²) in [5.41, 5.74) is 4.44. The third-order valence-electron chi connectivity index (χ3n) is 7.43. The molecule has 1 heterocycles. The average Bonchev–Trinajstić information content (AvgIpc) is 3.42. The lowest BCUT2D eigenvalue weighted by Crippen LogP contribution is -2.52. The molecule has 3 aromatic carbocycles. The fourth-order valence-electron chi connectivity index (χ4n) is 5.18.